The summed E-state index contributed by atoms with van der Waals surface area (Å²) < 4.78 is 10.2. The van der Waals surface area contributed by atoms with Crippen molar-refractivity contribution in [3.05, 3.63) is 35.9 Å². The van der Waals surface area contributed by atoms with E-state index >= 15 is 0 Å². The highest BCUT2D eigenvalue weighted by atomic mass is 16.7. The lowest BCUT2D eigenvalue weighted by atomic mass is 9.81. The van der Waals surface area contributed by atoms with Crippen molar-refractivity contribution in [3.63, 3.8) is 0 Å². The number of benzene rings is 1. The van der Waals surface area contributed by atoms with Crippen LogP contribution in [0.3, 0.4) is 0 Å². The van der Waals surface area contributed by atoms with Crippen molar-refractivity contribution in [2.24, 2.45) is 11.8 Å². The van der Waals surface area contributed by atoms with E-state index in [-0.39, 0.29) is 0 Å². The molecule has 0 bridgehead atoms. The first kappa shape index (κ1) is 19.6. The van der Waals surface area contributed by atoms with Gasteiger partial charge in [-0.3, -0.25) is 0 Å². The van der Waals surface area contributed by atoms with Crippen molar-refractivity contribution in [2.45, 2.75) is 65.7 Å². The molecule has 2 atom stereocenters. The number of hydrogen-bond acceptors (Lipinski definition) is 3. The van der Waals surface area contributed by atoms with Crippen LogP contribution in [0.25, 0.3) is 5.57 Å². The van der Waals surface area contributed by atoms with Gasteiger partial charge in [-0.25, -0.2) is 4.79 Å². The molecule has 0 N–H and O–H groups in total. The molecule has 1 aromatic carbocycles. The molecule has 0 aliphatic heterocycles. The fraction of sp³-hybridized carbons (Fsp3) is 0.591. The number of allylic oxidation sites excluding steroid dienone is 2. The van der Waals surface area contributed by atoms with Crippen molar-refractivity contribution < 1.29 is 14.3 Å². The monoisotopic (exact) mass is 344 g/mol. The summed E-state index contributed by atoms with van der Waals surface area (Å²) in [7, 11) is 0. The molecule has 2 unspecified atom stereocenters. The van der Waals surface area contributed by atoms with E-state index in [1.165, 1.54) is 36.8 Å². The van der Waals surface area contributed by atoms with Crippen LogP contribution in [0.5, 0.6) is 5.75 Å². The highest BCUT2D eigenvalue weighted by molar-refractivity contribution is 5.68. The van der Waals surface area contributed by atoms with Gasteiger partial charge in [0.25, 0.3) is 0 Å². The minimum absolute atomic E-state index is 0.415. The van der Waals surface area contributed by atoms with Crippen LogP contribution in [0, 0.1) is 11.8 Å². The molecule has 3 heteroatoms. The van der Waals surface area contributed by atoms with Crippen LogP contribution < -0.4 is 4.74 Å². The predicted octanol–water partition coefficient (Wildman–Crippen LogP) is 6.62. The Bertz CT molecular complexity index is 559. The van der Waals surface area contributed by atoms with Crippen molar-refractivity contribution in [3.8, 4) is 5.75 Å². The largest absolute Gasteiger partial charge is 0.513 e. The highest BCUT2D eigenvalue weighted by Gasteiger charge is 2.17. The zero-order valence-corrected chi connectivity index (χ0v) is 15.9. The molecule has 0 radical (unpaired) electrons. The first-order valence-corrected chi connectivity index (χ1v) is 9.76. The number of hydrogen-bond donors (Lipinski definition) is 0. The van der Waals surface area contributed by atoms with Crippen LogP contribution in [0.1, 0.15) is 71.3 Å². The Morgan fingerprint density at radius 1 is 1.24 bits per heavy atom. The summed E-state index contributed by atoms with van der Waals surface area (Å²) in [5.41, 5.74) is 2.64. The molecule has 2 rings (SSSR count). The van der Waals surface area contributed by atoms with Gasteiger partial charge in [-0.1, -0.05) is 51.8 Å². The maximum absolute atomic E-state index is 11.6. The molecule has 0 saturated heterocycles. The Kier molecular flexibility index (Phi) is 8.03. The average molecular weight is 344 g/mol. The van der Waals surface area contributed by atoms with E-state index in [0.29, 0.717) is 12.4 Å². The molecule has 1 aliphatic rings. The van der Waals surface area contributed by atoms with Gasteiger partial charge in [0.15, 0.2) is 0 Å². The van der Waals surface area contributed by atoms with E-state index < -0.39 is 6.16 Å². The summed E-state index contributed by atoms with van der Waals surface area (Å²) in [6.07, 6.45) is 9.84. The first-order valence-electron chi connectivity index (χ1n) is 9.76. The van der Waals surface area contributed by atoms with Gasteiger partial charge < -0.3 is 9.47 Å². The van der Waals surface area contributed by atoms with Gasteiger partial charge in [0, 0.05) is 0 Å². The quantitative estimate of drug-likeness (QED) is 0.302. The molecule has 1 aliphatic carbocycles. The Labute approximate surface area is 152 Å². The topological polar surface area (TPSA) is 35.5 Å². The van der Waals surface area contributed by atoms with Crippen LogP contribution in [0.2, 0.25) is 0 Å². The Morgan fingerprint density at radius 3 is 2.60 bits per heavy atom. The zero-order chi connectivity index (χ0) is 18.1. The van der Waals surface area contributed by atoms with Crippen molar-refractivity contribution in [1.82, 2.24) is 0 Å². The smallest absolute Gasteiger partial charge is 0.434 e. The summed E-state index contributed by atoms with van der Waals surface area (Å²) in [5.74, 6) is 2.20. The molecular weight excluding hydrogens is 312 g/mol. The second kappa shape index (κ2) is 10.3. The molecule has 0 spiro atoms. The molecule has 25 heavy (non-hydrogen) atoms. The lowest BCUT2D eigenvalue weighted by Gasteiger charge is -2.24. The lowest BCUT2D eigenvalue weighted by Crippen LogP contribution is -2.11. The zero-order valence-electron chi connectivity index (χ0n) is 15.9. The summed E-state index contributed by atoms with van der Waals surface area (Å²) in [4.78, 5) is 11.6. The lowest BCUT2D eigenvalue weighted by molar-refractivity contribution is 0.0978. The van der Waals surface area contributed by atoms with Gasteiger partial charge in [0.1, 0.15) is 5.75 Å². The number of carbonyl (C=O) groups is 1. The molecule has 0 heterocycles. The second-order valence-corrected chi connectivity index (χ2v) is 7.20. The maximum atomic E-state index is 11.6. The molecular formula is C22H32O3. The van der Waals surface area contributed by atoms with E-state index in [4.69, 9.17) is 9.47 Å². The summed E-state index contributed by atoms with van der Waals surface area (Å²) in [5, 5.41) is 0. The van der Waals surface area contributed by atoms with E-state index in [9.17, 15) is 4.79 Å². The average Bonchev–Trinajstić information content (AvgIpc) is 2.63. The van der Waals surface area contributed by atoms with Gasteiger partial charge >= 0.3 is 6.16 Å². The van der Waals surface area contributed by atoms with Crippen LogP contribution in [-0.2, 0) is 4.74 Å². The van der Waals surface area contributed by atoms with Crippen LogP contribution in [0.15, 0.2) is 30.3 Å². The maximum Gasteiger partial charge on any atom is 0.513 e. The van der Waals surface area contributed by atoms with Crippen LogP contribution in [-0.4, -0.2) is 12.8 Å². The normalized spacial score (nSPS) is 18.4. The minimum atomic E-state index is -0.619. The number of ether oxygens (including phenoxy) is 2. The molecule has 0 saturated carbocycles. The fourth-order valence-corrected chi connectivity index (χ4v) is 3.26. The summed E-state index contributed by atoms with van der Waals surface area (Å²) >= 11 is 0. The van der Waals surface area contributed by atoms with Crippen molar-refractivity contribution in [2.75, 3.05) is 6.61 Å². The number of carbonyl (C=O) groups excluding carboxylic acids is 1. The van der Waals surface area contributed by atoms with E-state index in [0.717, 1.165) is 31.1 Å². The molecule has 0 fully saturated rings. The first-order chi connectivity index (χ1) is 12.1. The SMILES string of the molecule is CCCCOC(=O)Oc1ccc(C2=CCC(CC(C)CC)CC2)cc1. The third-order valence-electron chi connectivity index (χ3n) is 5.10. The molecule has 138 valence electrons. The third kappa shape index (κ3) is 6.56. The van der Waals surface area contributed by atoms with Gasteiger partial charge in [-0.05, 0) is 67.2 Å². The minimum Gasteiger partial charge on any atom is -0.434 e. The predicted molar refractivity (Wildman–Crippen MR) is 103 cm³/mol. The second-order valence-electron chi connectivity index (χ2n) is 7.20. The van der Waals surface area contributed by atoms with E-state index in [1.807, 2.05) is 24.3 Å². The fourth-order valence-electron chi connectivity index (χ4n) is 3.26. The van der Waals surface area contributed by atoms with Gasteiger partial charge in [0.05, 0.1) is 6.61 Å². The van der Waals surface area contributed by atoms with Crippen molar-refractivity contribution in [1.29, 1.82) is 0 Å². The number of rotatable bonds is 8. The Balaban J connectivity index is 1.85. The number of unbranched alkanes of at least 4 members (excludes halogenated alkanes) is 1. The van der Waals surface area contributed by atoms with E-state index in [1.54, 1.807) is 0 Å². The highest BCUT2D eigenvalue weighted by Crippen LogP contribution is 2.34. The van der Waals surface area contributed by atoms with Crippen molar-refractivity contribution >= 4 is 11.7 Å². The summed E-state index contributed by atoms with van der Waals surface area (Å²) in [6.45, 7) is 7.10. The standard InChI is InChI=1S/C22H32O3/c1-4-6-15-24-22(23)25-21-13-11-20(12-14-21)19-9-7-18(8-10-19)16-17(3)5-2/h9,11-14,17-18H,4-8,10,15-16H2,1-3H3. The van der Waals surface area contributed by atoms with Crippen LogP contribution >= 0.6 is 0 Å². The van der Waals surface area contributed by atoms with E-state index in [2.05, 4.69) is 26.8 Å². The third-order valence-corrected chi connectivity index (χ3v) is 5.10. The molecule has 3 nitrogen and oxygen atoms in total. The summed E-state index contributed by atoms with van der Waals surface area (Å²) in [6, 6.07) is 7.77. The van der Waals surface area contributed by atoms with Gasteiger partial charge in [-0.2, -0.15) is 0 Å². The molecule has 0 amide bonds. The molecule has 0 aromatic heterocycles. The molecule has 1 aromatic rings. The van der Waals surface area contributed by atoms with Gasteiger partial charge in [0.2, 0.25) is 0 Å². The Hall–Kier alpha value is -1.77. The van der Waals surface area contributed by atoms with Crippen LogP contribution in [0.4, 0.5) is 4.79 Å². The Morgan fingerprint density at radius 2 is 2.00 bits per heavy atom. The van der Waals surface area contributed by atoms with Gasteiger partial charge in [-0.15, -0.1) is 0 Å².